The molecule has 1 aromatic rings. The Bertz CT molecular complexity index is 425. The topological polar surface area (TPSA) is 34.9 Å². The zero-order valence-electron chi connectivity index (χ0n) is 8.89. The molecule has 90 valence electrons. The summed E-state index contributed by atoms with van der Waals surface area (Å²) in [5, 5.41) is 2.88. The maximum absolute atomic E-state index is 12.5. The lowest BCUT2D eigenvalue weighted by Crippen LogP contribution is -2.17. The van der Waals surface area contributed by atoms with Crippen LogP contribution in [0.3, 0.4) is 0 Å². The quantitative estimate of drug-likeness (QED) is 0.813. The van der Waals surface area contributed by atoms with Crippen molar-refractivity contribution in [3.05, 3.63) is 16.4 Å². The van der Waals surface area contributed by atoms with Crippen LogP contribution >= 0.6 is 11.6 Å². The third-order valence-electron chi connectivity index (χ3n) is 2.30. The summed E-state index contributed by atoms with van der Waals surface area (Å²) >= 11 is 5.53. The molecule has 0 saturated carbocycles. The van der Waals surface area contributed by atoms with E-state index >= 15 is 0 Å². The Morgan fingerprint density at radius 1 is 1.50 bits per heavy atom. The second kappa shape index (κ2) is 4.08. The summed E-state index contributed by atoms with van der Waals surface area (Å²) in [6, 6.07) is -0.756. The van der Waals surface area contributed by atoms with Gasteiger partial charge >= 0.3 is 6.18 Å². The number of hydrogen-bond donors (Lipinski definition) is 0. The predicted octanol–water partition coefficient (Wildman–Crippen LogP) is 3.01. The monoisotopic (exact) mass is 254 g/mol. The summed E-state index contributed by atoms with van der Waals surface area (Å²) in [4.78, 5) is 11.1. The molecule has 0 radical (unpaired) electrons. The molecule has 0 saturated heterocycles. The molecular formula is C9H10ClF3N2O. The van der Waals surface area contributed by atoms with Gasteiger partial charge in [0.2, 0.25) is 0 Å². The lowest BCUT2D eigenvalue weighted by molar-refractivity contribution is -0.141. The van der Waals surface area contributed by atoms with Crippen molar-refractivity contribution < 1.29 is 18.0 Å². The van der Waals surface area contributed by atoms with Crippen LogP contribution in [0.2, 0.25) is 5.02 Å². The average Bonchev–Trinajstić information content (AvgIpc) is 2.42. The van der Waals surface area contributed by atoms with E-state index in [-0.39, 0.29) is 11.5 Å². The van der Waals surface area contributed by atoms with Crippen molar-refractivity contribution in [1.82, 2.24) is 9.78 Å². The number of Topliss-reactive ketones (excluding diaryl/α,β-unsaturated/α-hetero) is 1. The molecule has 7 heteroatoms. The van der Waals surface area contributed by atoms with Crippen LogP contribution < -0.4 is 0 Å². The van der Waals surface area contributed by atoms with Gasteiger partial charge in [0, 0.05) is 0 Å². The molecule has 0 aliphatic heterocycles. The Kier molecular flexibility index (Phi) is 3.33. The summed E-state index contributed by atoms with van der Waals surface area (Å²) in [6.07, 6.45) is -4.61. The number of carbonyl (C=O) groups excluding carboxylic acids is 1. The third kappa shape index (κ3) is 2.21. The fourth-order valence-corrected chi connectivity index (χ4v) is 1.46. The summed E-state index contributed by atoms with van der Waals surface area (Å²) in [6.45, 7) is 4.15. The minimum Gasteiger partial charge on any atom is -0.298 e. The van der Waals surface area contributed by atoms with Crippen molar-refractivity contribution in [2.24, 2.45) is 0 Å². The Hall–Kier alpha value is -1.04. The molecule has 1 heterocycles. The smallest absolute Gasteiger partial charge is 0.298 e. The molecule has 1 unspecified atom stereocenters. The second-order valence-electron chi connectivity index (χ2n) is 3.48. The molecule has 0 spiro atoms. The van der Waals surface area contributed by atoms with Crippen LogP contribution in [0.25, 0.3) is 0 Å². The van der Waals surface area contributed by atoms with Gasteiger partial charge in [0.05, 0.1) is 10.7 Å². The maximum Gasteiger partial charge on any atom is 0.436 e. The summed E-state index contributed by atoms with van der Waals surface area (Å²) < 4.78 is 38.4. The van der Waals surface area contributed by atoms with Crippen LogP contribution in [-0.2, 0) is 11.0 Å². The van der Waals surface area contributed by atoms with Gasteiger partial charge in [-0.1, -0.05) is 11.6 Å². The Balaban J connectivity index is 3.30. The number of aromatic nitrogens is 2. The number of rotatable bonds is 2. The van der Waals surface area contributed by atoms with Crippen LogP contribution in [0.4, 0.5) is 13.2 Å². The van der Waals surface area contributed by atoms with Crippen molar-refractivity contribution in [2.75, 3.05) is 0 Å². The highest BCUT2D eigenvalue weighted by Gasteiger charge is 2.38. The Labute approximate surface area is 95.2 Å². The molecule has 0 aliphatic carbocycles. The first-order chi connectivity index (χ1) is 7.16. The van der Waals surface area contributed by atoms with Crippen molar-refractivity contribution in [3.8, 4) is 0 Å². The van der Waals surface area contributed by atoms with E-state index in [4.69, 9.17) is 11.6 Å². The zero-order chi connectivity index (χ0) is 12.7. The fraction of sp³-hybridized carbons (Fsp3) is 0.556. The van der Waals surface area contributed by atoms with Gasteiger partial charge in [-0.05, 0) is 20.8 Å². The van der Waals surface area contributed by atoms with E-state index in [1.165, 1.54) is 20.8 Å². The van der Waals surface area contributed by atoms with E-state index < -0.39 is 22.9 Å². The summed E-state index contributed by atoms with van der Waals surface area (Å²) in [5.74, 6) is -0.281. The fourth-order valence-electron chi connectivity index (χ4n) is 1.23. The van der Waals surface area contributed by atoms with E-state index in [1.54, 1.807) is 0 Å². The lowest BCUT2D eigenvalue weighted by atomic mass is 10.2. The second-order valence-corrected chi connectivity index (χ2v) is 3.85. The first-order valence-electron chi connectivity index (χ1n) is 4.48. The van der Waals surface area contributed by atoms with E-state index in [2.05, 4.69) is 5.10 Å². The first-order valence-corrected chi connectivity index (χ1v) is 4.86. The molecule has 0 aliphatic rings. The van der Waals surface area contributed by atoms with Gasteiger partial charge in [-0.3, -0.25) is 9.48 Å². The standard InChI is InChI=1S/C9H10ClF3N2O/c1-4(6(3)16)15-5(2)7(10)8(14-15)9(11,12)13/h4H,1-3H3. The molecule has 0 N–H and O–H groups in total. The van der Waals surface area contributed by atoms with Crippen molar-refractivity contribution in [1.29, 1.82) is 0 Å². The number of alkyl halides is 3. The van der Waals surface area contributed by atoms with Crippen molar-refractivity contribution >= 4 is 17.4 Å². The predicted molar refractivity (Wildman–Crippen MR) is 52.4 cm³/mol. The number of hydrogen-bond acceptors (Lipinski definition) is 2. The van der Waals surface area contributed by atoms with Crippen LogP contribution in [0.1, 0.15) is 31.3 Å². The summed E-state index contributed by atoms with van der Waals surface area (Å²) in [5.41, 5.74) is -1.02. The number of ketones is 1. The van der Waals surface area contributed by atoms with E-state index in [0.29, 0.717) is 0 Å². The Morgan fingerprint density at radius 3 is 2.31 bits per heavy atom. The van der Waals surface area contributed by atoms with Gasteiger partial charge in [0.15, 0.2) is 11.5 Å². The minimum atomic E-state index is -4.61. The van der Waals surface area contributed by atoms with Gasteiger partial charge in [0.1, 0.15) is 6.04 Å². The molecule has 1 aromatic heterocycles. The molecule has 1 rings (SSSR count). The lowest BCUT2D eigenvalue weighted by Gasteiger charge is -2.10. The van der Waals surface area contributed by atoms with Gasteiger partial charge in [-0.15, -0.1) is 0 Å². The van der Waals surface area contributed by atoms with E-state index in [1.807, 2.05) is 0 Å². The van der Waals surface area contributed by atoms with Gasteiger partial charge in [-0.2, -0.15) is 18.3 Å². The zero-order valence-corrected chi connectivity index (χ0v) is 9.65. The average molecular weight is 255 g/mol. The highest BCUT2D eigenvalue weighted by atomic mass is 35.5. The highest BCUT2D eigenvalue weighted by Crippen LogP contribution is 2.36. The molecule has 0 aromatic carbocycles. The molecule has 16 heavy (non-hydrogen) atoms. The molecule has 0 bridgehead atoms. The Morgan fingerprint density at radius 2 is 2.00 bits per heavy atom. The van der Waals surface area contributed by atoms with Gasteiger partial charge in [-0.25, -0.2) is 0 Å². The molecule has 3 nitrogen and oxygen atoms in total. The molecule has 0 amide bonds. The largest absolute Gasteiger partial charge is 0.436 e. The number of carbonyl (C=O) groups is 1. The molecule has 1 atom stereocenters. The van der Waals surface area contributed by atoms with Crippen molar-refractivity contribution in [2.45, 2.75) is 33.0 Å². The number of halogens is 4. The number of nitrogens with zero attached hydrogens (tertiary/aromatic N) is 2. The minimum absolute atomic E-state index is 0.136. The van der Waals surface area contributed by atoms with E-state index in [9.17, 15) is 18.0 Å². The summed E-state index contributed by atoms with van der Waals surface area (Å²) in [7, 11) is 0. The SMILES string of the molecule is CC(=O)C(C)n1nc(C(F)(F)F)c(Cl)c1C. The van der Waals surface area contributed by atoms with Gasteiger partial charge in [0.25, 0.3) is 0 Å². The third-order valence-corrected chi connectivity index (χ3v) is 2.75. The van der Waals surface area contributed by atoms with E-state index in [0.717, 1.165) is 4.68 Å². The van der Waals surface area contributed by atoms with Crippen molar-refractivity contribution in [3.63, 3.8) is 0 Å². The molecule has 0 fully saturated rings. The van der Waals surface area contributed by atoms with Gasteiger partial charge < -0.3 is 0 Å². The molecular weight excluding hydrogens is 245 g/mol. The normalized spacial score (nSPS) is 13.9. The van der Waals surface area contributed by atoms with Crippen LogP contribution in [0, 0.1) is 6.92 Å². The first kappa shape index (κ1) is 13.0. The maximum atomic E-state index is 12.5. The van der Waals surface area contributed by atoms with Crippen LogP contribution in [0.5, 0.6) is 0 Å². The van der Waals surface area contributed by atoms with Crippen LogP contribution in [0.15, 0.2) is 0 Å². The highest BCUT2D eigenvalue weighted by molar-refractivity contribution is 6.32. The van der Waals surface area contributed by atoms with Crippen LogP contribution in [-0.4, -0.2) is 15.6 Å².